The number of halogens is 1. The first-order valence-corrected chi connectivity index (χ1v) is 8.12. The molecule has 0 spiro atoms. The summed E-state index contributed by atoms with van der Waals surface area (Å²) in [7, 11) is 0. The summed E-state index contributed by atoms with van der Waals surface area (Å²) in [5, 5.41) is 9.89. The summed E-state index contributed by atoms with van der Waals surface area (Å²) in [6.07, 6.45) is 2.98. The Morgan fingerprint density at radius 2 is 2.05 bits per heavy atom. The van der Waals surface area contributed by atoms with Gasteiger partial charge in [-0.2, -0.15) is 0 Å². The van der Waals surface area contributed by atoms with Crippen molar-refractivity contribution in [1.29, 1.82) is 0 Å². The van der Waals surface area contributed by atoms with E-state index in [1.165, 1.54) is 5.56 Å². The molecule has 1 saturated heterocycles. The molecule has 0 aromatic heterocycles. The molecule has 1 amide bonds. The van der Waals surface area contributed by atoms with E-state index in [0.29, 0.717) is 10.9 Å². The van der Waals surface area contributed by atoms with Crippen LogP contribution in [-0.4, -0.2) is 23.1 Å². The van der Waals surface area contributed by atoms with Crippen LogP contribution in [0.25, 0.3) is 0 Å². The molecule has 1 aliphatic carbocycles. The minimum Gasteiger partial charge on any atom is -0.328 e. The molecule has 2 fully saturated rings. The number of fused-ring (bicyclic) bond motifs is 1. The first-order valence-electron chi connectivity index (χ1n) is 7.20. The molecule has 1 heterocycles. The quantitative estimate of drug-likeness (QED) is 0.736. The van der Waals surface area contributed by atoms with Gasteiger partial charge in [-0.15, -0.1) is 0 Å². The molecule has 1 saturated carbocycles. The molecular weight excluding hydrogens is 318 g/mol. The molecular formula is C15H20BrN3O. The summed E-state index contributed by atoms with van der Waals surface area (Å²) < 4.78 is 0. The van der Waals surface area contributed by atoms with Gasteiger partial charge in [0, 0.05) is 17.4 Å². The van der Waals surface area contributed by atoms with Crippen LogP contribution in [0.5, 0.6) is 0 Å². The number of rotatable bonds is 3. The molecule has 5 heteroatoms. The number of alkyl halides is 1. The van der Waals surface area contributed by atoms with Crippen molar-refractivity contribution < 1.29 is 4.79 Å². The largest absolute Gasteiger partial charge is 0.328 e. The SMILES string of the molecule is O=C1NC(NCc2ccccc2)NC2CCC(Br)CC12. The predicted molar refractivity (Wildman–Crippen MR) is 82.2 cm³/mol. The van der Waals surface area contributed by atoms with E-state index >= 15 is 0 Å². The van der Waals surface area contributed by atoms with Gasteiger partial charge in [0.2, 0.25) is 5.91 Å². The zero-order valence-electron chi connectivity index (χ0n) is 11.3. The average Bonchev–Trinajstić information content (AvgIpc) is 2.47. The standard InChI is InChI=1S/C15H20BrN3O/c16-11-6-7-13-12(8-11)14(20)19-15(18-13)17-9-10-4-2-1-3-5-10/h1-5,11-13,15,17-18H,6-9H2,(H,19,20). The van der Waals surface area contributed by atoms with Gasteiger partial charge in [0.1, 0.15) is 6.29 Å². The molecule has 1 aromatic carbocycles. The van der Waals surface area contributed by atoms with Gasteiger partial charge < -0.3 is 5.32 Å². The van der Waals surface area contributed by atoms with Crippen molar-refractivity contribution in [2.75, 3.05) is 0 Å². The number of carbonyl (C=O) groups is 1. The van der Waals surface area contributed by atoms with E-state index in [1.54, 1.807) is 0 Å². The molecule has 4 unspecified atom stereocenters. The van der Waals surface area contributed by atoms with Gasteiger partial charge in [-0.1, -0.05) is 46.3 Å². The summed E-state index contributed by atoms with van der Waals surface area (Å²) in [4.78, 5) is 12.7. The van der Waals surface area contributed by atoms with E-state index < -0.39 is 0 Å². The monoisotopic (exact) mass is 337 g/mol. The fraction of sp³-hybridized carbons (Fsp3) is 0.533. The van der Waals surface area contributed by atoms with E-state index in [4.69, 9.17) is 0 Å². The number of hydrogen-bond donors (Lipinski definition) is 3. The highest BCUT2D eigenvalue weighted by Crippen LogP contribution is 2.31. The molecule has 0 bridgehead atoms. The van der Waals surface area contributed by atoms with Crippen LogP contribution < -0.4 is 16.0 Å². The summed E-state index contributed by atoms with van der Waals surface area (Å²) in [5.41, 5.74) is 1.22. The van der Waals surface area contributed by atoms with Gasteiger partial charge in [-0.3, -0.25) is 15.4 Å². The van der Waals surface area contributed by atoms with Gasteiger partial charge in [0.25, 0.3) is 0 Å². The second-order valence-electron chi connectivity index (χ2n) is 5.60. The van der Waals surface area contributed by atoms with Crippen molar-refractivity contribution in [3.63, 3.8) is 0 Å². The van der Waals surface area contributed by atoms with Crippen molar-refractivity contribution >= 4 is 21.8 Å². The second-order valence-corrected chi connectivity index (χ2v) is 6.89. The number of amides is 1. The normalized spacial score (nSPS) is 33.4. The van der Waals surface area contributed by atoms with Crippen LogP contribution in [0.2, 0.25) is 0 Å². The van der Waals surface area contributed by atoms with Crippen LogP contribution in [0.15, 0.2) is 30.3 Å². The van der Waals surface area contributed by atoms with E-state index in [2.05, 4.69) is 44.0 Å². The fourth-order valence-corrected chi connectivity index (χ4v) is 3.71. The van der Waals surface area contributed by atoms with Crippen molar-refractivity contribution in [3.05, 3.63) is 35.9 Å². The van der Waals surface area contributed by atoms with Gasteiger partial charge in [0.15, 0.2) is 0 Å². The first kappa shape index (κ1) is 14.0. The minimum atomic E-state index is -0.129. The van der Waals surface area contributed by atoms with Gasteiger partial charge in [0.05, 0.1) is 5.92 Å². The predicted octanol–water partition coefficient (Wildman–Crippen LogP) is 1.71. The van der Waals surface area contributed by atoms with Crippen LogP contribution in [0.1, 0.15) is 24.8 Å². The third-order valence-corrected chi connectivity index (χ3v) is 4.98. The highest BCUT2D eigenvalue weighted by Gasteiger charge is 2.39. The summed E-state index contributed by atoms with van der Waals surface area (Å²) in [6.45, 7) is 0.747. The molecule has 0 radical (unpaired) electrons. The van der Waals surface area contributed by atoms with E-state index in [-0.39, 0.29) is 18.1 Å². The van der Waals surface area contributed by atoms with Crippen LogP contribution in [-0.2, 0) is 11.3 Å². The van der Waals surface area contributed by atoms with Crippen molar-refractivity contribution in [2.24, 2.45) is 5.92 Å². The Bertz CT molecular complexity index is 467. The number of hydrogen-bond acceptors (Lipinski definition) is 3. The molecule has 1 aromatic rings. The topological polar surface area (TPSA) is 53.2 Å². The zero-order valence-corrected chi connectivity index (χ0v) is 12.9. The zero-order chi connectivity index (χ0) is 13.9. The Hall–Kier alpha value is -0.910. The van der Waals surface area contributed by atoms with E-state index in [9.17, 15) is 4.79 Å². The summed E-state index contributed by atoms with van der Waals surface area (Å²) in [6, 6.07) is 10.5. The van der Waals surface area contributed by atoms with Crippen LogP contribution in [0.4, 0.5) is 0 Å². The smallest absolute Gasteiger partial charge is 0.226 e. The molecule has 4 nitrogen and oxygen atoms in total. The number of nitrogens with one attached hydrogen (secondary N) is 3. The third kappa shape index (κ3) is 3.22. The molecule has 3 N–H and O–H groups in total. The maximum Gasteiger partial charge on any atom is 0.226 e. The second kappa shape index (κ2) is 6.24. The average molecular weight is 338 g/mol. The van der Waals surface area contributed by atoms with Gasteiger partial charge in [-0.25, -0.2) is 0 Å². The van der Waals surface area contributed by atoms with Crippen molar-refractivity contribution in [2.45, 2.75) is 43.0 Å². The molecule has 20 heavy (non-hydrogen) atoms. The minimum absolute atomic E-state index is 0.0999. The Balaban J connectivity index is 1.56. The van der Waals surface area contributed by atoms with E-state index in [1.807, 2.05) is 18.2 Å². The lowest BCUT2D eigenvalue weighted by atomic mass is 9.82. The molecule has 2 aliphatic rings. The van der Waals surface area contributed by atoms with Crippen LogP contribution in [0.3, 0.4) is 0 Å². The Kier molecular flexibility index (Phi) is 4.38. The number of benzene rings is 1. The maximum absolute atomic E-state index is 12.2. The Labute approximate surface area is 127 Å². The van der Waals surface area contributed by atoms with Crippen molar-refractivity contribution in [1.82, 2.24) is 16.0 Å². The third-order valence-electron chi connectivity index (χ3n) is 4.14. The van der Waals surface area contributed by atoms with Gasteiger partial charge in [-0.05, 0) is 24.8 Å². The summed E-state index contributed by atoms with van der Waals surface area (Å²) >= 11 is 3.63. The summed E-state index contributed by atoms with van der Waals surface area (Å²) in [5.74, 6) is 0.270. The highest BCUT2D eigenvalue weighted by molar-refractivity contribution is 9.09. The first-order chi connectivity index (χ1) is 9.72. The lowest BCUT2D eigenvalue weighted by molar-refractivity contribution is -0.131. The molecule has 4 atom stereocenters. The fourth-order valence-electron chi connectivity index (χ4n) is 3.04. The van der Waals surface area contributed by atoms with E-state index in [0.717, 1.165) is 25.8 Å². The highest BCUT2D eigenvalue weighted by atomic mass is 79.9. The molecule has 3 rings (SSSR count). The molecule has 1 aliphatic heterocycles. The van der Waals surface area contributed by atoms with Gasteiger partial charge >= 0.3 is 0 Å². The Morgan fingerprint density at radius 1 is 1.25 bits per heavy atom. The Morgan fingerprint density at radius 3 is 2.85 bits per heavy atom. The lowest BCUT2D eigenvalue weighted by Crippen LogP contribution is -2.67. The van der Waals surface area contributed by atoms with Crippen LogP contribution >= 0.6 is 15.9 Å². The lowest BCUT2D eigenvalue weighted by Gasteiger charge is -2.41. The molecule has 108 valence electrons. The maximum atomic E-state index is 12.2. The number of carbonyl (C=O) groups excluding carboxylic acids is 1. The van der Waals surface area contributed by atoms with Crippen LogP contribution in [0, 0.1) is 5.92 Å². The van der Waals surface area contributed by atoms with Crippen molar-refractivity contribution in [3.8, 4) is 0 Å².